The van der Waals surface area contributed by atoms with Gasteiger partial charge < -0.3 is 23.7 Å². The summed E-state index contributed by atoms with van der Waals surface area (Å²) in [5, 5.41) is 12.1. The molecule has 2 aliphatic heterocycles. The number of anilines is 2. The minimum atomic E-state index is -0.957. The molecule has 8 nitrogen and oxygen atoms in total. The Morgan fingerprint density at radius 2 is 1.73 bits per heavy atom. The van der Waals surface area contributed by atoms with Crippen LogP contribution in [0.2, 0.25) is 5.02 Å². The molecule has 2 aromatic heterocycles. The quantitative estimate of drug-likeness (QED) is 0.363. The molecule has 37 heavy (non-hydrogen) atoms. The summed E-state index contributed by atoms with van der Waals surface area (Å²) in [6, 6.07) is 16.5. The van der Waals surface area contributed by atoms with E-state index < -0.39 is 23.5 Å². The summed E-state index contributed by atoms with van der Waals surface area (Å²) in [5.41, 5.74) is 1.96. The zero-order valence-corrected chi connectivity index (χ0v) is 20.8. The maximum absolute atomic E-state index is 13.7. The highest BCUT2D eigenvalue weighted by Crippen LogP contribution is 2.43. The minimum Gasteiger partial charge on any atom is -0.503 e. The monoisotopic (exact) mass is 517 g/mol. The number of rotatable bonds is 5. The van der Waals surface area contributed by atoms with Gasteiger partial charge in [-0.15, -0.1) is 0 Å². The van der Waals surface area contributed by atoms with E-state index in [1.807, 2.05) is 24.3 Å². The molecule has 188 valence electrons. The third-order valence-electron chi connectivity index (χ3n) is 6.96. The molecule has 9 heteroatoms. The van der Waals surface area contributed by atoms with Gasteiger partial charge in [0, 0.05) is 48.0 Å². The molecular weight excluding hydrogens is 494 g/mol. The number of fused-ring (bicyclic) bond motifs is 1. The lowest BCUT2D eigenvalue weighted by Crippen LogP contribution is -2.44. The first-order valence-electron chi connectivity index (χ1n) is 12.0. The Bertz CT molecular complexity index is 1520. The van der Waals surface area contributed by atoms with Crippen LogP contribution in [0, 0.1) is 0 Å². The van der Waals surface area contributed by atoms with Crippen LogP contribution < -0.4 is 9.80 Å². The number of likely N-dealkylation sites (N-methyl/N-ethyl adjacent to an activating group) is 1. The molecule has 1 atom stereocenters. The van der Waals surface area contributed by atoms with E-state index >= 15 is 0 Å². The van der Waals surface area contributed by atoms with Crippen molar-refractivity contribution in [1.29, 1.82) is 0 Å². The van der Waals surface area contributed by atoms with Gasteiger partial charge in [-0.05, 0) is 67.7 Å². The average Bonchev–Trinajstić information content (AvgIpc) is 3.63. The van der Waals surface area contributed by atoms with Crippen LogP contribution in [-0.4, -0.2) is 54.9 Å². The summed E-state index contributed by atoms with van der Waals surface area (Å²) in [7, 11) is 2.10. The number of hydrogen-bond acceptors (Lipinski definition) is 7. The Morgan fingerprint density at radius 1 is 1.00 bits per heavy atom. The summed E-state index contributed by atoms with van der Waals surface area (Å²) >= 11 is 6.08. The van der Waals surface area contributed by atoms with E-state index in [4.69, 9.17) is 20.4 Å². The summed E-state index contributed by atoms with van der Waals surface area (Å²) in [6.45, 7) is 3.78. The summed E-state index contributed by atoms with van der Waals surface area (Å²) in [4.78, 5) is 33.0. The molecule has 4 heterocycles. The highest BCUT2D eigenvalue weighted by atomic mass is 35.5. The molecule has 0 saturated carbocycles. The van der Waals surface area contributed by atoms with Gasteiger partial charge in [0.05, 0.1) is 11.8 Å². The second-order valence-corrected chi connectivity index (χ2v) is 9.72. The highest BCUT2D eigenvalue weighted by Gasteiger charge is 2.46. The zero-order chi connectivity index (χ0) is 25.7. The predicted molar refractivity (Wildman–Crippen MR) is 140 cm³/mol. The lowest BCUT2D eigenvalue weighted by Gasteiger charge is -2.34. The van der Waals surface area contributed by atoms with Crippen molar-refractivity contribution in [3.8, 4) is 0 Å². The van der Waals surface area contributed by atoms with E-state index in [0.717, 1.165) is 31.9 Å². The SMILES string of the molecule is CN1CCN(c2ccc(N3C(=O)C(O)=C(C(=O)c4cc5cc(Cl)ccc5o4)C3c3ccco3)cc2)CC1. The van der Waals surface area contributed by atoms with Gasteiger partial charge in [-0.3, -0.25) is 14.5 Å². The van der Waals surface area contributed by atoms with Gasteiger partial charge in [0.25, 0.3) is 5.91 Å². The number of benzene rings is 2. The highest BCUT2D eigenvalue weighted by molar-refractivity contribution is 6.31. The standard InChI is InChI=1S/C28H24ClN3O5/c1-30-10-12-31(13-11-30)19-5-7-20(8-6-19)32-25(22-3-2-14-36-22)24(27(34)28(32)35)26(33)23-16-17-15-18(29)4-9-21(17)37-23/h2-9,14-16,25,34H,10-13H2,1H3. The van der Waals surface area contributed by atoms with Crippen molar-refractivity contribution in [2.75, 3.05) is 43.0 Å². The normalized spacial score (nSPS) is 18.9. The van der Waals surface area contributed by atoms with Crippen molar-refractivity contribution in [2.24, 2.45) is 0 Å². The van der Waals surface area contributed by atoms with Gasteiger partial charge in [-0.2, -0.15) is 0 Å². The number of aliphatic hydroxyl groups is 1. The predicted octanol–water partition coefficient (Wildman–Crippen LogP) is 5.21. The van der Waals surface area contributed by atoms with Gasteiger partial charge in [-0.25, -0.2) is 0 Å². The summed E-state index contributed by atoms with van der Waals surface area (Å²) in [6.07, 6.45) is 1.47. The molecule has 4 aromatic rings. The lowest BCUT2D eigenvalue weighted by atomic mass is 9.99. The average molecular weight is 518 g/mol. The molecule has 0 bridgehead atoms. The fraction of sp³-hybridized carbons (Fsp3) is 0.214. The first-order valence-corrected chi connectivity index (χ1v) is 12.4. The number of nitrogens with zero attached hydrogens (tertiary/aromatic N) is 3. The second-order valence-electron chi connectivity index (χ2n) is 9.28. The van der Waals surface area contributed by atoms with Crippen LogP contribution in [0.3, 0.4) is 0 Å². The molecule has 1 fully saturated rings. The fourth-order valence-electron chi connectivity index (χ4n) is 4.97. The van der Waals surface area contributed by atoms with Crippen molar-refractivity contribution < 1.29 is 23.5 Å². The molecule has 1 saturated heterocycles. The van der Waals surface area contributed by atoms with Crippen molar-refractivity contribution in [1.82, 2.24) is 4.90 Å². The number of carbonyl (C=O) groups excluding carboxylic acids is 2. The van der Waals surface area contributed by atoms with E-state index in [-0.39, 0.29) is 11.3 Å². The van der Waals surface area contributed by atoms with Crippen LogP contribution in [0.5, 0.6) is 0 Å². The minimum absolute atomic E-state index is 0.00422. The largest absolute Gasteiger partial charge is 0.503 e. The van der Waals surface area contributed by atoms with Crippen molar-refractivity contribution in [2.45, 2.75) is 6.04 Å². The number of hydrogen-bond donors (Lipinski definition) is 1. The maximum atomic E-state index is 13.7. The molecule has 2 aromatic carbocycles. The molecule has 1 unspecified atom stereocenters. The van der Waals surface area contributed by atoms with E-state index in [1.54, 1.807) is 36.4 Å². The number of ketones is 1. The molecule has 0 aliphatic carbocycles. The Labute approximate surface area is 217 Å². The Morgan fingerprint density at radius 3 is 2.43 bits per heavy atom. The summed E-state index contributed by atoms with van der Waals surface area (Å²) in [5.74, 6) is -1.57. The number of halogens is 1. The molecule has 0 spiro atoms. The smallest absolute Gasteiger partial charge is 0.294 e. The third kappa shape index (κ3) is 4.08. The Hall–Kier alpha value is -4.01. The topological polar surface area (TPSA) is 90.4 Å². The van der Waals surface area contributed by atoms with E-state index in [2.05, 4.69) is 16.8 Å². The van der Waals surface area contributed by atoms with Crippen LogP contribution in [-0.2, 0) is 4.79 Å². The van der Waals surface area contributed by atoms with Crippen molar-refractivity contribution >= 4 is 45.6 Å². The van der Waals surface area contributed by atoms with Gasteiger partial charge in [0.15, 0.2) is 11.5 Å². The number of furan rings is 2. The van der Waals surface area contributed by atoms with E-state index in [9.17, 15) is 14.7 Å². The van der Waals surface area contributed by atoms with Crippen LogP contribution in [0.4, 0.5) is 11.4 Å². The first-order chi connectivity index (χ1) is 17.9. The Kier molecular flexibility index (Phi) is 5.78. The number of amides is 1. The molecule has 2 aliphatic rings. The molecule has 1 amide bonds. The molecule has 6 rings (SSSR count). The second kappa shape index (κ2) is 9.14. The van der Waals surface area contributed by atoms with Crippen LogP contribution in [0.15, 0.2) is 87.1 Å². The molecule has 0 radical (unpaired) electrons. The lowest BCUT2D eigenvalue weighted by molar-refractivity contribution is -0.117. The summed E-state index contributed by atoms with van der Waals surface area (Å²) < 4.78 is 11.4. The van der Waals surface area contributed by atoms with Crippen molar-refractivity contribution in [3.63, 3.8) is 0 Å². The van der Waals surface area contributed by atoms with Gasteiger partial charge in [-0.1, -0.05) is 11.6 Å². The first kappa shape index (κ1) is 23.4. The van der Waals surface area contributed by atoms with Crippen molar-refractivity contribution in [3.05, 3.63) is 94.8 Å². The third-order valence-corrected chi connectivity index (χ3v) is 7.20. The molecular formula is C28H24ClN3O5. The number of Topliss-reactive ketones (excluding diaryl/α,β-unsaturated/α-hetero) is 1. The zero-order valence-electron chi connectivity index (χ0n) is 20.1. The van der Waals surface area contributed by atoms with Crippen LogP contribution in [0.1, 0.15) is 22.4 Å². The maximum Gasteiger partial charge on any atom is 0.294 e. The number of piperazine rings is 1. The number of carbonyl (C=O) groups is 2. The number of aliphatic hydroxyl groups excluding tert-OH is 1. The van der Waals surface area contributed by atoms with Crippen LogP contribution >= 0.6 is 11.6 Å². The van der Waals surface area contributed by atoms with E-state index in [1.165, 1.54) is 11.2 Å². The van der Waals surface area contributed by atoms with E-state index in [0.29, 0.717) is 27.4 Å². The fourth-order valence-corrected chi connectivity index (χ4v) is 5.15. The van der Waals surface area contributed by atoms with Crippen LogP contribution in [0.25, 0.3) is 11.0 Å². The van der Waals surface area contributed by atoms with Gasteiger partial charge in [0.2, 0.25) is 5.78 Å². The molecule has 1 N–H and O–H groups in total. The Balaban J connectivity index is 1.36. The van der Waals surface area contributed by atoms with Gasteiger partial charge >= 0.3 is 0 Å². The van der Waals surface area contributed by atoms with Gasteiger partial charge in [0.1, 0.15) is 17.4 Å².